The van der Waals surface area contributed by atoms with E-state index in [4.69, 9.17) is 4.74 Å². The van der Waals surface area contributed by atoms with E-state index in [0.717, 1.165) is 43.5 Å². The first kappa shape index (κ1) is 18.3. The van der Waals surface area contributed by atoms with Gasteiger partial charge in [-0.3, -0.25) is 0 Å². The molecule has 0 aliphatic carbocycles. The van der Waals surface area contributed by atoms with Gasteiger partial charge in [0.15, 0.2) is 0 Å². The van der Waals surface area contributed by atoms with Crippen LogP contribution < -0.4 is 5.32 Å². The fraction of sp³-hybridized carbons (Fsp3) is 0.611. The zero-order valence-electron chi connectivity index (χ0n) is 14.3. The van der Waals surface area contributed by atoms with E-state index in [1.807, 2.05) is 31.7 Å². The summed E-state index contributed by atoms with van der Waals surface area (Å²) < 4.78 is 6.55. The molecule has 23 heavy (non-hydrogen) atoms. The van der Waals surface area contributed by atoms with Crippen LogP contribution in [-0.4, -0.2) is 42.8 Å². The lowest BCUT2D eigenvalue weighted by Crippen LogP contribution is -2.36. The second-order valence-corrected chi connectivity index (χ2v) is 8.08. The number of nitrogens with zero attached hydrogens (tertiary/aromatic N) is 1. The first-order chi connectivity index (χ1) is 10.8. The van der Waals surface area contributed by atoms with Gasteiger partial charge in [0.2, 0.25) is 0 Å². The van der Waals surface area contributed by atoms with Crippen LogP contribution in [0.3, 0.4) is 0 Å². The molecule has 1 fully saturated rings. The summed E-state index contributed by atoms with van der Waals surface area (Å²) in [4.78, 5) is 13.9. The summed E-state index contributed by atoms with van der Waals surface area (Å²) >= 11 is 3.50. The van der Waals surface area contributed by atoms with Crippen molar-refractivity contribution in [2.45, 2.75) is 39.2 Å². The molecule has 1 atom stereocenters. The van der Waals surface area contributed by atoms with E-state index in [9.17, 15) is 4.79 Å². The molecule has 0 bridgehead atoms. The van der Waals surface area contributed by atoms with E-state index in [0.29, 0.717) is 5.92 Å². The van der Waals surface area contributed by atoms with Crippen molar-refractivity contribution in [3.63, 3.8) is 0 Å². The third-order valence-electron chi connectivity index (χ3n) is 3.85. The second-order valence-electron chi connectivity index (χ2n) is 7.17. The number of likely N-dealkylation sites (tertiary alicyclic amines) is 1. The van der Waals surface area contributed by atoms with Crippen molar-refractivity contribution in [3.05, 3.63) is 34.3 Å². The normalized spacial score (nSPS) is 18.3. The molecule has 1 saturated heterocycles. The predicted molar refractivity (Wildman–Crippen MR) is 96.6 cm³/mol. The SMILES string of the molecule is CC(C)(C)OC(=O)N1CC[C@@H](CNCCc2cccc(Br)c2)C1. The quantitative estimate of drug-likeness (QED) is 0.786. The Morgan fingerprint density at radius 2 is 2.22 bits per heavy atom. The van der Waals surface area contributed by atoms with Crippen LogP contribution in [0, 0.1) is 5.92 Å². The standard InChI is InChI=1S/C18H27BrN2O2/c1-18(2,3)23-17(22)21-10-8-15(13-21)12-20-9-7-14-5-4-6-16(19)11-14/h4-6,11,15,20H,7-10,12-13H2,1-3H3/t15-/m0/s1. The van der Waals surface area contributed by atoms with Gasteiger partial charge in [-0.25, -0.2) is 4.79 Å². The second kappa shape index (κ2) is 8.15. The van der Waals surface area contributed by atoms with Crippen LogP contribution in [0.15, 0.2) is 28.7 Å². The van der Waals surface area contributed by atoms with Gasteiger partial charge in [0, 0.05) is 17.6 Å². The van der Waals surface area contributed by atoms with Crippen molar-refractivity contribution in [1.29, 1.82) is 0 Å². The van der Waals surface area contributed by atoms with Gasteiger partial charge in [-0.1, -0.05) is 28.1 Å². The van der Waals surface area contributed by atoms with Gasteiger partial charge in [-0.15, -0.1) is 0 Å². The molecule has 0 saturated carbocycles. The van der Waals surface area contributed by atoms with Crippen molar-refractivity contribution >= 4 is 22.0 Å². The largest absolute Gasteiger partial charge is 0.444 e. The number of hydrogen-bond acceptors (Lipinski definition) is 3. The zero-order chi connectivity index (χ0) is 16.9. The van der Waals surface area contributed by atoms with Gasteiger partial charge in [0.05, 0.1) is 0 Å². The molecular formula is C18H27BrN2O2. The van der Waals surface area contributed by atoms with Crippen LogP contribution in [0.25, 0.3) is 0 Å². The van der Waals surface area contributed by atoms with Crippen LogP contribution >= 0.6 is 15.9 Å². The number of carbonyl (C=O) groups is 1. The summed E-state index contributed by atoms with van der Waals surface area (Å²) in [6.07, 6.45) is 1.87. The highest BCUT2D eigenvalue weighted by Crippen LogP contribution is 2.19. The number of amides is 1. The van der Waals surface area contributed by atoms with Crippen LogP contribution in [-0.2, 0) is 11.2 Å². The zero-order valence-corrected chi connectivity index (χ0v) is 15.9. The van der Waals surface area contributed by atoms with Gasteiger partial charge in [-0.2, -0.15) is 0 Å². The molecule has 2 rings (SSSR count). The average molecular weight is 383 g/mol. The Morgan fingerprint density at radius 1 is 1.43 bits per heavy atom. The van der Waals surface area contributed by atoms with Crippen molar-refractivity contribution in [3.8, 4) is 0 Å². The van der Waals surface area contributed by atoms with Crippen molar-refractivity contribution in [2.75, 3.05) is 26.2 Å². The molecule has 1 amide bonds. The van der Waals surface area contributed by atoms with E-state index in [2.05, 4.69) is 39.4 Å². The van der Waals surface area contributed by atoms with Gasteiger partial charge >= 0.3 is 6.09 Å². The van der Waals surface area contributed by atoms with Crippen LogP contribution in [0.4, 0.5) is 4.79 Å². The first-order valence-corrected chi connectivity index (χ1v) is 9.06. The number of rotatable bonds is 5. The molecule has 0 spiro atoms. The average Bonchev–Trinajstić information content (AvgIpc) is 2.91. The van der Waals surface area contributed by atoms with E-state index in [1.165, 1.54) is 5.56 Å². The molecule has 4 nitrogen and oxygen atoms in total. The lowest BCUT2D eigenvalue weighted by atomic mass is 10.1. The van der Waals surface area contributed by atoms with Crippen LogP contribution in [0.5, 0.6) is 0 Å². The van der Waals surface area contributed by atoms with E-state index in [1.54, 1.807) is 0 Å². The minimum absolute atomic E-state index is 0.186. The summed E-state index contributed by atoms with van der Waals surface area (Å²) in [6.45, 7) is 9.21. The molecule has 0 radical (unpaired) electrons. The van der Waals surface area contributed by atoms with Gasteiger partial charge in [-0.05, 0) is 70.3 Å². The fourth-order valence-corrected chi connectivity index (χ4v) is 3.17. The maximum Gasteiger partial charge on any atom is 0.410 e. The summed E-state index contributed by atoms with van der Waals surface area (Å²) in [5.74, 6) is 0.519. The monoisotopic (exact) mass is 382 g/mol. The maximum absolute atomic E-state index is 12.0. The number of halogens is 1. The molecule has 1 aromatic carbocycles. The Kier molecular flexibility index (Phi) is 6.48. The smallest absolute Gasteiger partial charge is 0.410 e. The Morgan fingerprint density at radius 3 is 2.91 bits per heavy atom. The van der Waals surface area contributed by atoms with Gasteiger partial charge in [0.25, 0.3) is 0 Å². The third kappa shape index (κ3) is 6.51. The molecule has 1 aliphatic heterocycles. The maximum atomic E-state index is 12.0. The van der Waals surface area contributed by atoms with Crippen LogP contribution in [0.2, 0.25) is 0 Å². The molecule has 1 aromatic rings. The summed E-state index contributed by atoms with van der Waals surface area (Å²) in [5.41, 5.74) is 0.908. The van der Waals surface area contributed by atoms with Crippen LogP contribution in [0.1, 0.15) is 32.8 Å². The first-order valence-electron chi connectivity index (χ1n) is 8.26. The highest BCUT2D eigenvalue weighted by atomic mass is 79.9. The van der Waals surface area contributed by atoms with E-state index < -0.39 is 5.60 Å². The van der Waals surface area contributed by atoms with Gasteiger partial charge in [0.1, 0.15) is 5.60 Å². The fourth-order valence-electron chi connectivity index (χ4n) is 2.72. The summed E-state index contributed by atoms with van der Waals surface area (Å²) in [5, 5.41) is 3.51. The van der Waals surface area contributed by atoms with E-state index in [-0.39, 0.29) is 6.09 Å². The topological polar surface area (TPSA) is 41.6 Å². The van der Waals surface area contributed by atoms with Crippen molar-refractivity contribution in [1.82, 2.24) is 10.2 Å². The molecule has 5 heteroatoms. The summed E-state index contributed by atoms with van der Waals surface area (Å²) in [7, 11) is 0. The molecular weight excluding hydrogens is 356 g/mol. The van der Waals surface area contributed by atoms with Crippen molar-refractivity contribution in [2.24, 2.45) is 5.92 Å². The highest BCUT2D eigenvalue weighted by Gasteiger charge is 2.29. The number of ether oxygens (including phenoxy) is 1. The van der Waals surface area contributed by atoms with Crippen molar-refractivity contribution < 1.29 is 9.53 Å². The number of carbonyl (C=O) groups excluding carboxylic acids is 1. The molecule has 0 aromatic heterocycles. The molecule has 1 N–H and O–H groups in total. The summed E-state index contributed by atoms with van der Waals surface area (Å²) in [6, 6.07) is 8.41. The number of hydrogen-bond donors (Lipinski definition) is 1. The Balaban J connectivity index is 1.65. The Hall–Kier alpha value is -1.07. The lowest BCUT2D eigenvalue weighted by Gasteiger charge is -2.24. The minimum atomic E-state index is -0.419. The minimum Gasteiger partial charge on any atom is -0.444 e. The predicted octanol–water partition coefficient (Wildman–Crippen LogP) is 3.84. The molecule has 0 unspecified atom stereocenters. The van der Waals surface area contributed by atoms with E-state index >= 15 is 0 Å². The lowest BCUT2D eigenvalue weighted by molar-refractivity contribution is 0.0288. The Bertz CT molecular complexity index is 528. The molecule has 1 aliphatic rings. The number of nitrogens with one attached hydrogen (secondary N) is 1. The number of benzene rings is 1. The van der Waals surface area contributed by atoms with Gasteiger partial charge < -0.3 is 15.0 Å². The molecule has 128 valence electrons. The highest BCUT2D eigenvalue weighted by molar-refractivity contribution is 9.10. The molecule has 1 heterocycles. The third-order valence-corrected chi connectivity index (χ3v) is 4.34. The Labute approximate surface area is 147 Å².